The van der Waals surface area contributed by atoms with Crippen LogP contribution in [0.25, 0.3) is 6.08 Å². The average molecular weight is 236 g/mol. The lowest BCUT2D eigenvalue weighted by molar-refractivity contribution is -0.385. The van der Waals surface area contributed by atoms with Crippen LogP contribution in [0.4, 0.5) is 5.69 Å². The summed E-state index contributed by atoms with van der Waals surface area (Å²) in [7, 11) is 0. The van der Waals surface area contributed by atoms with E-state index >= 15 is 0 Å². The summed E-state index contributed by atoms with van der Waals surface area (Å²) in [5, 5.41) is 22.6. The van der Waals surface area contributed by atoms with Crippen LogP contribution in [0.3, 0.4) is 0 Å². The Bertz CT molecular complexity index is 404. The number of nitrogens with zero attached hydrogens (tertiary/aromatic N) is 1. The fraction of sp³-hybridized carbons (Fsp3) is 0.333. The molecule has 1 rings (SSSR count). The molecule has 0 radical (unpaired) electrons. The van der Waals surface area contributed by atoms with Crippen LogP contribution in [-0.2, 0) is 0 Å². The van der Waals surface area contributed by atoms with Crippen LogP contribution in [0.15, 0.2) is 30.3 Å². The van der Waals surface area contributed by atoms with Crippen molar-refractivity contribution in [3.8, 4) is 0 Å². The molecule has 0 aliphatic heterocycles. The van der Waals surface area contributed by atoms with E-state index in [4.69, 9.17) is 5.11 Å². The smallest absolute Gasteiger partial charge is 0.276 e. The zero-order chi connectivity index (χ0) is 12.7. The first-order valence-corrected chi connectivity index (χ1v) is 5.39. The van der Waals surface area contributed by atoms with Crippen LogP contribution >= 0.6 is 0 Å². The van der Waals surface area contributed by atoms with Crippen molar-refractivity contribution in [1.82, 2.24) is 5.32 Å². The van der Waals surface area contributed by atoms with Crippen molar-refractivity contribution in [3.05, 3.63) is 46.0 Å². The molecule has 0 aliphatic carbocycles. The lowest BCUT2D eigenvalue weighted by atomic mass is 10.1. The first-order chi connectivity index (χ1) is 8.15. The molecule has 17 heavy (non-hydrogen) atoms. The number of aliphatic hydroxyl groups excluding tert-OH is 1. The van der Waals surface area contributed by atoms with Crippen molar-refractivity contribution < 1.29 is 10.0 Å². The van der Waals surface area contributed by atoms with Gasteiger partial charge >= 0.3 is 0 Å². The summed E-state index contributed by atoms with van der Waals surface area (Å²) in [4.78, 5) is 10.3. The Morgan fingerprint density at radius 1 is 1.53 bits per heavy atom. The Hall–Kier alpha value is -1.72. The third-order valence-electron chi connectivity index (χ3n) is 2.29. The van der Waals surface area contributed by atoms with E-state index in [1.54, 1.807) is 30.4 Å². The zero-order valence-corrected chi connectivity index (χ0v) is 9.67. The van der Waals surface area contributed by atoms with Gasteiger partial charge in [0.15, 0.2) is 0 Å². The molecule has 0 heterocycles. The van der Waals surface area contributed by atoms with Crippen molar-refractivity contribution in [2.75, 3.05) is 13.2 Å². The van der Waals surface area contributed by atoms with E-state index in [1.165, 1.54) is 6.07 Å². The van der Waals surface area contributed by atoms with Gasteiger partial charge in [-0.2, -0.15) is 0 Å². The fourth-order valence-corrected chi connectivity index (χ4v) is 1.31. The van der Waals surface area contributed by atoms with Gasteiger partial charge in [0.25, 0.3) is 5.69 Å². The molecule has 1 atom stereocenters. The summed E-state index contributed by atoms with van der Waals surface area (Å²) >= 11 is 0. The Morgan fingerprint density at radius 3 is 2.88 bits per heavy atom. The van der Waals surface area contributed by atoms with E-state index in [2.05, 4.69) is 5.32 Å². The van der Waals surface area contributed by atoms with Crippen LogP contribution in [0, 0.1) is 10.1 Å². The molecule has 5 nitrogen and oxygen atoms in total. The van der Waals surface area contributed by atoms with Crippen molar-refractivity contribution in [2.45, 2.75) is 13.0 Å². The summed E-state index contributed by atoms with van der Waals surface area (Å²) in [6.45, 7) is 2.49. The third kappa shape index (κ3) is 4.34. The van der Waals surface area contributed by atoms with Gasteiger partial charge < -0.3 is 10.4 Å². The van der Waals surface area contributed by atoms with E-state index in [9.17, 15) is 10.1 Å². The minimum atomic E-state index is -0.399. The fourth-order valence-electron chi connectivity index (χ4n) is 1.31. The lowest BCUT2D eigenvalue weighted by Crippen LogP contribution is -2.29. The van der Waals surface area contributed by atoms with Crippen molar-refractivity contribution in [2.24, 2.45) is 0 Å². The number of benzene rings is 1. The topological polar surface area (TPSA) is 75.4 Å². The molecule has 0 spiro atoms. The van der Waals surface area contributed by atoms with E-state index in [0.29, 0.717) is 12.1 Å². The first-order valence-electron chi connectivity index (χ1n) is 5.39. The number of nitro benzene ring substituents is 1. The molecule has 0 aromatic heterocycles. The molecule has 0 aliphatic rings. The second-order valence-electron chi connectivity index (χ2n) is 3.71. The summed E-state index contributed by atoms with van der Waals surface area (Å²) in [5.74, 6) is 0. The number of aliphatic hydroxyl groups is 1. The minimum Gasteiger partial charge on any atom is -0.395 e. The van der Waals surface area contributed by atoms with Crippen LogP contribution in [-0.4, -0.2) is 29.2 Å². The Morgan fingerprint density at radius 2 is 2.24 bits per heavy atom. The van der Waals surface area contributed by atoms with E-state index in [1.807, 2.05) is 6.92 Å². The molecule has 92 valence electrons. The molecule has 0 saturated carbocycles. The summed E-state index contributed by atoms with van der Waals surface area (Å²) in [5.41, 5.74) is 0.676. The van der Waals surface area contributed by atoms with Crippen LogP contribution in [0.2, 0.25) is 0 Å². The SMILES string of the molecule is C[C@H](CO)NC/C=C/c1ccccc1[N+](=O)[O-]. The average Bonchev–Trinajstić information content (AvgIpc) is 2.34. The highest BCUT2D eigenvalue weighted by Crippen LogP contribution is 2.18. The number of hydrogen-bond acceptors (Lipinski definition) is 4. The predicted octanol–water partition coefficient (Wildman–Crippen LogP) is 1.58. The maximum atomic E-state index is 10.7. The predicted molar refractivity (Wildman–Crippen MR) is 66.7 cm³/mol. The molecule has 0 unspecified atom stereocenters. The Balaban J connectivity index is 2.62. The van der Waals surface area contributed by atoms with Gasteiger partial charge in [0.05, 0.1) is 17.1 Å². The normalized spacial score (nSPS) is 12.8. The van der Waals surface area contributed by atoms with E-state index in [0.717, 1.165) is 0 Å². The largest absolute Gasteiger partial charge is 0.395 e. The van der Waals surface area contributed by atoms with Gasteiger partial charge in [-0.3, -0.25) is 10.1 Å². The quantitative estimate of drug-likeness (QED) is 0.580. The molecular weight excluding hydrogens is 220 g/mol. The van der Waals surface area contributed by atoms with Gasteiger partial charge in [-0.15, -0.1) is 0 Å². The Kier molecular flexibility index (Phi) is 5.32. The van der Waals surface area contributed by atoms with E-state index < -0.39 is 4.92 Å². The second-order valence-corrected chi connectivity index (χ2v) is 3.71. The number of para-hydroxylation sites is 1. The van der Waals surface area contributed by atoms with Gasteiger partial charge in [-0.25, -0.2) is 0 Å². The van der Waals surface area contributed by atoms with Gasteiger partial charge in [-0.1, -0.05) is 24.3 Å². The summed E-state index contributed by atoms with van der Waals surface area (Å²) in [6.07, 6.45) is 3.50. The van der Waals surface area contributed by atoms with Crippen molar-refractivity contribution in [3.63, 3.8) is 0 Å². The molecule has 2 N–H and O–H groups in total. The maximum Gasteiger partial charge on any atom is 0.276 e. The molecule has 0 amide bonds. The number of nitro groups is 1. The van der Waals surface area contributed by atoms with Crippen molar-refractivity contribution in [1.29, 1.82) is 0 Å². The van der Waals surface area contributed by atoms with Crippen molar-refractivity contribution >= 4 is 11.8 Å². The van der Waals surface area contributed by atoms with Crippen LogP contribution < -0.4 is 5.32 Å². The van der Waals surface area contributed by atoms with Gasteiger partial charge in [0.1, 0.15) is 0 Å². The maximum absolute atomic E-state index is 10.7. The molecule has 1 aromatic carbocycles. The molecule has 0 fully saturated rings. The Labute approximate surface area is 99.9 Å². The minimum absolute atomic E-state index is 0.0189. The van der Waals surface area contributed by atoms with Gasteiger partial charge in [0.2, 0.25) is 0 Å². The second kappa shape index (κ2) is 6.78. The monoisotopic (exact) mass is 236 g/mol. The number of nitrogens with one attached hydrogen (secondary N) is 1. The highest BCUT2D eigenvalue weighted by atomic mass is 16.6. The van der Waals surface area contributed by atoms with Gasteiger partial charge in [-0.05, 0) is 13.0 Å². The first kappa shape index (κ1) is 13.3. The third-order valence-corrected chi connectivity index (χ3v) is 2.29. The summed E-state index contributed by atoms with van der Waals surface area (Å²) in [6, 6.07) is 6.59. The highest BCUT2D eigenvalue weighted by molar-refractivity contribution is 5.60. The van der Waals surface area contributed by atoms with Crippen LogP contribution in [0.1, 0.15) is 12.5 Å². The summed E-state index contributed by atoms with van der Waals surface area (Å²) < 4.78 is 0. The molecule has 5 heteroatoms. The van der Waals surface area contributed by atoms with E-state index in [-0.39, 0.29) is 18.3 Å². The molecule has 1 aromatic rings. The standard InChI is InChI=1S/C12H16N2O3/c1-10(9-15)13-8-4-6-11-5-2-3-7-12(11)14(16)17/h2-7,10,13,15H,8-9H2,1H3/b6-4+/t10-/m1/s1. The highest BCUT2D eigenvalue weighted by Gasteiger charge is 2.08. The number of hydrogen-bond donors (Lipinski definition) is 2. The lowest BCUT2D eigenvalue weighted by Gasteiger charge is -2.07. The molecular formula is C12H16N2O3. The molecule has 0 bridgehead atoms. The number of rotatable bonds is 6. The molecule has 0 saturated heterocycles. The van der Waals surface area contributed by atoms with Gasteiger partial charge in [0, 0.05) is 18.7 Å². The van der Waals surface area contributed by atoms with Crippen LogP contribution in [0.5, 0.6) is 0 Å². The zero-order valence-electron chi connectivity index (χ0n) is 9.67.